The van der Waals surface area contributed by atoms with Gasteiger partial charge in [0.05, 0.1) is 0 Å². The molecule has 0 saturated heterocycles. The van der Waals surface area contributed by atoms with Crippen LogP contribution in [0.25, 0.3) is 0 Å². The molecule has 102 valence electrons. The molecular formula is C17H34. The van der Waals surface area contributed by atoms with Gasteiger partial charge in [0.15, 0.2) is 0 Å². The Kier molecular flexibility index (Phi) is 3.79. The highest BCUT2D eigenvalue weighted by molar-refractivity contribution is 4.99. The molecule has 0 unspecified atom stereocenters. The molecule has 0 atom stereocenters. The Hall–Kier alpha value is 0. The van der Waals surface area contributed by atoms with Crippen molar-refractivity contribution in [2.75, 3.05) is 0 Å². The molecule has 0 aromatic heterocycles. The fourth-order valence-electron chi connectivity index (χ4n) is 3.66. The molecule has 1 fully saturated rings. The molecule has 17 heavy (non-hydrogen) atoms. The van der Waals surface area contributed by atoms with E-state index >= 15 is 0 Å². The Morgan fingerprint density at radius 2 is 1.18 bits per heavy atom. The first-order valence-corrected chi connectivity index (χ1v) is 7.47. The van der Waals surface area contributed by atoms with Crippen LogP contribution in [0.3, 0.4) is 0 Å². The first-order chi connectivity index (χ1) is 7.47. The summed E-state index contributed by atoms with van der Waals surface area (Å²) in [5.41, 5.74) is 2.03. The molecule has 0 amide bonds. The maximum Gasteiger partial charge on any atom is -0.0251 e. The smallest absolute Gasteiger partial charge is 0.0251 e. The van der Waals surface area contributed by atoms with E-state index in [9.17, 15) is 0 Å². The van der Waals surface area contributed by atoms with Gasteiger partial charge in [-0.15, -0.1) is 0 Å². The average Bonchev–Trinajstić information content (AvgIpc) is 2.16. The second kappa shape index (κ2) is 4.28. The lowest BCUT2D eigenvalue weighted by atomic mass is 9.50. The van der Waals surface area contributed by atoms with E-state index in [-0.39, 0.29) is 0 Å². The largest absolute Gasteiger partial charge is 0.0648 e. The molecule has 1 aliphatic carbocycles. The molecule has 0 N–H and O–H groups in total. The average molecular weight is 238 g/mol. The van der Waals surface area contributed by atoms with Crippen LogP contribution >= 0.6 is 0 Å². The van der Waals surface area contributed by atoms with E-state index in [0.29, 0.717) is 21.7 Å². The predicted molar refractivity (Wildman–Crippen MR) is 78.2 cm³/mol. The van der Waals surface area contributed by atoms with Crippen LogP contribution in [0.5, 0.6) is 0 Å². The summed E-state index contributed by atoms with van der Waals surface area (Å²) >= 11 is 0. The van der Waals surface area contributed by atoms with Crippen LogP contribution in [-0.4, -0.2) is 0 Å². The van der Waals surface area contributed by atoms with Gasteiger partial charge >= 0.3 is 0 Å². The van der Waals surface area contributed by atoms with Crippen molar-refractivity contribution >= 4 is 0 Å². The zero-order chi connectivity index (χ0) is 13.5. The van der Waals surface area contributed by atoms with Crippen LogP contribution < -0.4 is 0 Å². The Bertz CT molecular complexity index is 251. The minimum Gasteiger partial charge on any atom is -0.0648 e. The lowest BCUT2D eigenvalue weighted by Crippen LogP contribution is -2.45. The molecule has 0 nitrogen and oxygen atoms in total. The highest BCUT2D eigenvalue weighted by Gasteiger charge is 2.49. The molecule has 0 aromatic carbocycles. The second-order valence-corrected chi connectivity index (χ2v) is 8.69. The molecule has 1 rings (SSSR count). The lowest BCUT2D eigenvalue weighted by Gasteiger charge is -2.55. The van der Waals surface area contributed by atoms with Crippen LogP contribution in [0.2, 0.25) is 0 Å². The number of hydrogen-bond acceptors (Lipinski definition) is 0. The van der Waals surface area contributed by atoms with Gasteiger partial charge in [0.25, 0.3) is 0 Å². The van der Waals surface area contributed by atoms with Crippen molar-refractivity contribution in [2.45, 2.75) is 87.5 Å². The van der Waals surface area contributed by atoms with E-state index in [0.717, 1.165) is 0 Å². The van der Waals surface area contributed by atoms with Gasteiger partial charge in [0, 0.05) is 0 Å². The first-order valence-electron chi connectivity index (χ1n) is 7.47. The molecule has 0 spiro atoms. The Morgan fingerprint density at radius 3 is 1.41 bits per heavy atom. The zero-order valence-corrected chi connectivity index (χ0v) is 13.5. The number of hydrogen-bond donors (Lipinski definition) is 0. The van der Waals surface area contributed by atoms with Crippen LogP contribution in [0, 0.1) is 21.7 Å². The Labute approximate surface area is 110 Å². The molecule has 0 heterocycles. The van der Waals surface area contributed by atoms with Crippen molar-refractivity contribution in [1.29, 1.82) is 0 Å². The maximum absolute atomic E-state index is 2.51. The van der Waals surface area contributed by atoms with Gasteiger partial charge in [-0.2, -0.15) is 0 Å². The van der Waals surface area contributed by atoms with E-state index in [2.05, 4.69) is 55.4 Å². The minimum absolute atomic E-state index is 0.449. The first kappa shape index (κ1) is 15.1. The predicted octanol–water partition coefficient (Wildman–Crippen LogP) is 6.06. The monoisotopic (exact) mass is 238 g/mol. The van der Waals surface area contributed by atoms with E-state index in [1.165, 1.54) is 32.1 Å². The fraction of sp³-hybridized carbons (Fsp3) is 1.00. The van der Waals surface area contributed by atoms with E-state index < -0.39 is 0 Å². The van der Waals surface area contributed by atoms with E-state index in [4.69, 9.17) is 0 Å². The van der Waals surface area contributed by atoms with Crippen LogP contribution in [-0.2, 0) is 0 Å². The summed E-state index contributed by atoms with van der Waals surface area (Å²) in [6, 6.07) is 0. The van der Waals surface area contributed by atoms with Crippen molar-refractivity contribution in [3.8, 4) is 0 Å². The molecule has 1 aliphatic rings. The van der Waals surface area contributed by atoms with Crippen molar-refractivity contribution in [1.82, 2.24) is 0 Å². The molecule has 0 bridgehead atoms. The minimum atomic E-state index is 0.449. The maximum atomic E-state index is 2.51. The van der Waals surface area contributed by atoms with Gasteiger partial charge in [-0.1, -0.05) is 55.4 Å². The quantitative estimate of drug-likeness (QED) is 0.521. The topological polar surface area (TPSA) is 0 Å². The molecule has 1 saturated carbocycles. The van der Waals surface area contributed by atoms with Crippen molar-refractivity contribution in [3.63, 3.8) is 0 Å². The number of rotatable bonds is 1. The van der Waals surface area contributed by atoms with Crippen molar-refractivity contribution in [3.05, 3.63) is 0 Å². The summed E-state index contributed by atoms with van der Waals surface area (Å²) in [7, 11) is 0. The van der Waals surface area contributed by atoms with E-state index in [1.807, 2.05) is 0 Å². The summed E-state index contributed by atoms with van der Waals surface area (Å²) < 4.78 is 0. The highest BCUT2D eigenvalue weighted by atomic mass is 14.5. The van der Waals surface area contributed by atoms with Gasteiger partial charge in [0.1, 0.15) is 0 Å². The van der Waals surface area contributed by atoms with Crippen LogP contribution in [0.1, 0.15) is 87.5 Å². The van der Waals surface area contributed by atoms with Gasteiger partial charge in [0.2, 0.25) is 0 Å². The van der Waals surface area contributed by atoms with Gasteiger partial charge in [-0.05, 0) is 53.8 Å². The molecule has 0 aromatic rings. The normalized spacial score (nSPS) is 36.0. The van der Waals surface area contributed by atoms with Crippen molar-refractivity contribution < 1.29 is 0 Å². The second-order valence-electron chi connectivity index (χ2n) is 8.69. The van der Waals surface area contributed by atoms with Gasteiger partial charge in [-0.25, -0.2) is 0 Å². The van der Waals surface area contributed by atoms with Crippen LogP contribution in [0.4, 0.5) is 0 Å². The summed E-state index contributed by atoms with van der Waals surface area (Å²) in [6.07, 6.45) is 6.99. The van der Waals surface area contributed by atoms with Crippen LogP contribution in [0.15, 0.2) is 0 Å². The van der Waals surface area contributed by atoms with Crippen molar-refractivity contribution in [2.24, 2.45) is 21.7 Å². The third-order valence-electron chi connectivity index (χ3n) is 6.39. The molecule has 0 heteroatoms. The Morgan fingerprint density at radius 1 is 0.765 bits per heavy atom. The molecule has 0 aliphatic heterocycles. The highest BCUT2D eigenvalue weighted by Crippen LogP contribution is 2.59. The zero-order valence-electron chi connectivity index (χ0n) is 13.5. The SMILES string of the molecule is CCC1(C(C)(C)C)CCC(C)(C(C)(C)C)CC1. The molecule has 0 radical (unpaired) electrons. The van der Waals surface area contributed by atoms with E-state index in [1.54, 1.807) is 0 Å². The van der Waals surface area contributed by atoms with Gasteiger partial charge < -0.3 is 0 Å². The standard InChI is InChI=1S/C17H34/c1-9-17(15(5,6)7)12-10-16(8,11-13-17)14(2,3)4/h9-13H2,1-8H3. The Balaban J connectivity index is 2.86. The third-order valence-corrected chi connectivity index (χ3v) is 6.39. The summed E-state index contributed by atoms with van der Waals surface area (Å²) in [5.74, 6) is 0. The summed E-state index contributed by atoms with van der Waals surface area (Å²) in [4.78, 5) is 0. The third kappa shape index (κ3) is 2.56. The summed E-state index contributed by atoms with van der Waals surface area (Å²) in [6.45, 7) is 19.5. The molecular weight excluding hydrogens is 204 g/mol. The lowest BCUT2D eigenvalue weighted by molar-refractivity contribution is -0.0479. The fourth-order valence-corrected chi connectivity index (χ4v) is 3.66. The summed E-state index contributed by atoms with van der Waals surface area (Å²) in [5, 5.41) is 0. The van der Waals surface area contributed by atoms with Gasteiger partial charge in [-0.3, -0.25) is 0 Å².